The number of thioether (sulfide) groups is 2. The third kappa shape index (κ3) is 7.19. The van der Waals surface area contributed by atoms with Crippen molar-refractivity contribution >= 4 is 84.8 Å². The molecule has 9 nitrogen and oxygen atoms in total. The van der Waals surface area contributed by atoms with E-state index in [9.17, 15) is 4.79 Å². The van der Waals surface area contributed by atoms with Crippen LogP contribution < -0.4 is 15.5 Å². The SMILES string of the molecule is CCCSc1nc2ccc(NC(=O)CSc3n[nH]c(N/N=C/c4cc(Br)ccc4OC)n3)cc2s1. The summed E-state index contributed by atoms with van der Waals surface area (Å²) in [4.78, 5) is 21.3. The fourth-order valence-electron chi connectivity index (χ4n) is 2.89. The van der Waals surface area contributed by atoms with Gasteiger partial charge in [-0.1, -0.05) is 46.4 Å². The number of H-pyrrole nitrogens is 1. The number of hydrazone groups is 1. The normalized spacial score (nSPS) is 11.3. The van der Waals surface area contributed by atoms with Gasteiger partial charge in [0.25, 0.3) is 0 Å². The van der Waals surface area contributed by atoms with Gasteiger partial charge in [0.05, 0.1) is 29.3 Å². The number of hydrogen-bond donors (Lipinski definition) is 3. The van der Waals surface area contributed by atoms with Gasteiger partial charge >= 0.3 is 0 Å². The highest BCUT2D eigenvalue weighted by Gasteiger charge is 2.10. The van der Waals surface area contributed by atoms with E-state index in [1.165, 1.54) is 11.8 Å². The molecule has 182 valence electrons. The summed E-state index contributed by atoms with van der Waals surface area (Å²) in [6.45, 7) is 2.15. The number of rotatable bonds is 11. The number of nitrogens with zero attached hydrogens (tertiary/aromatic N) is 4. The van der Waals surface area contributed by atoms with Crippen LogP contribution in [0.4, 0.5) is 11.6 Å². The molecule has 0 saturated heterocycles. The number of aromatic amines is 1. The van der Waals surface area contributed by atoms with Crippen LogP contribution in [0, 0.1) is 0 Å². The number of carbonyl (C=O) groups is 1. The monoisotopic (exact) mass is 591 g/mol. The van der Waals surface area contributed by atoms with Crippen molar-refractivity contribution in [3.05, 3.63) is 46.4 Å². The van der Waals surface area contributed by atoms with E-state index in [2.05, 4.69) is 58.9 Å². The smallest absolute Gasteiger partial charge is 0.240 e. The molecule has 0 spiro atoms. The standard InChI is InChI=1S/C22H22BrN7O2S3/c1-3-8-33-22-26-16-6-5-15(10-18(16)35-22)25-19(31)12-34-21-27-20(29-30-21)28-24-11-13-9-14(23)4-7-17(13)32-2/h4-7,9-11H,3,8,12H2,1-2H3,(H,25,31)(H2,27,28,29,30)/b24-11+. The first-order chi connectivity index (χ1) is 17.0. The molecular formula is C22H22BrN7O2S3. The Morgan fingerprint density at radius 1 is 1.26 bits per heavy atom. The van der Waals surface area contributed by atoms with Gasteiger partial charge in [-0.15, -0.1) is 16.4 Å². The second-order valence-corrected chi connectivity index (χ2v) is 11.3. The van der Waals surface area contributed by atoms with E-state index in [1.54, 1.807) is 36.4 Å². The maximum Gasteiger partial charge on any atom is 0.240 e. The number of benzene rings is 2. The number of halogens is 1. The molecule has 35 heavy (non-hydrogen) atoms. The van der Waals surface area contributed by atoms with Crippen molar-refractivity contribution in [1.29, 1.82) is 0 Å². The van der Waals surface area contributed by atoms with Crippen LogP contribution in [0.1, 0.15) is 18.9 Å². The van der Waals surface area contributed by atoms with Crippen molar-refractivity contribution < 1.29 is 9.53 Å². The number of methoxy groups -OCH3 is 1. The van der Waals surface area contributed by atoms with Gasteiger partial charge in [-0.05, 0) is 42.8 Å². The summed E-state index contributed by atoms with van der Waals surface area (Å²) in [6.07, 6.45) is 2.73. The molecule has 3 N–H and O–H groups in total. The molecular weight excluding hydrogens is 570 g/mol. The molecule has 2 aromatic heterocycles. The Labute approximate surface area is 223 Å². The number of anilines is 2. The minimum absolute atomic E-state index is 0.140. The molecule has 2 heterocycles. The zero-order chi connectivity index (χ0) is 24.6. The van der Waals surface area contributed by atoms with Crippen LogP contribution in [0.25, 0.3) is 10.2 Å². The van der Waals surface area contributed by atoms with Gasteiger partial charge in [0.2, 0.25) is 17.0 Å². The first-order valence-corrected chi connectivity index (χ1v) is 14.1. The van der Waals surface area contributed by atoms with Gasteiger partial charge in [-0.2, -0.15) is 10.1 Å². The maximum absolute atomic E-state index is 12.4. The van der Waals surface area contributed by atoms with Crippen LogP contribution in [0.2, 0.25) is 0 Å². The molecule has 0 aliphatic rings. The topological polar surface area (TPSA) is 117 Å². The van der Waals surface area contributed by atoms with Crippen molar-refractivity contribution in [2.45, 2.75) is 22.8 Å². The van der Waals surface area contributed by atoms with E-state index < -0.39 is 0 Å². The number of amides is 1. The van der Waals surface area contributed by atoms with Crippen LogP contribution in [-0.4, -0.2) is 50.9 Å². The van der Waals surface area contributed by atoms with Gasteiger partial charge in [-0.3, -0.25) is 4.79 Å². The van der Waals surface area contributed by atoms with Gasteiger partial charge < -0.3 is 10.1 Å². The lowest BCUT2D eigenvalue weighted by Gasteiger charge is -2.04. The predicted molar refractivity (Wildman–Crippen MR) is 148 cm³/mol. The Kier molecular flexibility index (Phi) is 9.01. The number of carbonyl (C=O) groups excluding carboxylic acids is 1. The number of thiazole rings is 1. The molecule has 0 bridgehead atoms. The van der Waals surface area contributed by atoms with E-state index in [-0.39, 0.29) is 11.7 Å². The van der Waals surface area contributed by atoms with Crippen molar-refractivity contribution in [3.63, 3.8) is 0 Å². The Morgan fingerprint density at radius 2 is 2.14 bits per heavy atom. The number of ether oxygens (including phenoxy) is 1. The van der Waals surface area contributed by atoms with Gasteiger partial charge in [-0.25, -0.2) is 15.5 Å². The number of hydrogen-bond acceptors (Lipinski definition) is 10. The minimum atomic E-state index is -0.140. The molecule has 13 heteroatoms. The first-order valence-electron chi connectivity index (χ1n) is 10.5. The summed E-state index contributed by atoms with van der Waals surface area (Å²) in [6, 6.07) is 11.4. The zero-order valence-electron chi connectivity index (χ0n) is 18.9. The molecule has 0 radical (unpaired) electrons. The molecule has 4 rings (SSSR count). The van der Waals surface area contributed by atoms with Gasteiger partial charge in [0.1, 0.15) is 5.75 Å². The van der Waals surface area contributed by atoms with E-state index in [0.717, 1.165) is 42.5 Å². The van der Waals surface area contributed by atoms with E-state index >= 15 is 0 Å². The number of nitrogens with one attached hydrogen (secondary N) is 3. The largest absolute Gasteiger partial charge is 0.496 e. The molecule has 0 aliphatic carbocycles. The lowest BCUT2D eigenvalue weighted by Crippen LogP contribution is -2.14. The molecule has 0 aliphatic heterocycles. The molecule has 1 amide bonds. The molecule has 4 aromatic rings. The third-order valence-corrected chi connectivity index (χ3v) is 8.15. The van der Waals surface area contributed by atoms with Crippen molar-refractivity contribution in [2.75, 3.05) is 29.4 Å². The van der Waals surface area contributed by atoms with Crippen LogP contribution >= 0.6 is 50.8 Å². The fourth-order valence-corrected chi connectivity index (χ4v) is 5.90. The highest BCUT2D eigenvalue weighted by atomic mass is 79.9. The van der Waals surface area contributed by atoms with E-state index in [4.69, 9.17) is 4.74 Å². The summed E-state index contributed by atoms with van der Waals surface area (Å²) >= 11 is 8.06. The maximum atomic E-state index is 12.4. The second kappa shape index (κ2) is 12.4. The first kappa shape index (κ1) is 25.5. The highest BCUT2D eigenvalue weighted by molar-refractivity contribution is 9.10. The average molecular weight is 593 g/mol. The Hall–Kier alpha value is -2.61. The summed E-state index contributed by atoms with van der Waals surface area (Å²) in [7, 11) is 1.60. The van der Waals surface area contributed by atoms with Crippen LogP contribution in [0.5, 0.6) is 5.75 Å². The molecule has 0 unspecified atom stereocenters. The van der Waals surface area contributed by atoms with Crippen molar-refractivity contribution in [1.82, 2.24) is 20.2 Å². The lowest BCUT2D eigenvalue weighted by molar-refractivity contribution is -0.113. The lowest BCUT2D eigenvalue weighted by atomic mass is 10.2. The summed E-state index contributed by atoms with van der Waals surface area (Å²) in [5.41, 5.74) is 5.28. The van der Waals surface area contributed by atoms with E-state index in [0.29, 0.717) is 16.9 Å². The third-order valence-electron chi connectivity index (χ3n) is 4.45. The number of aromatic nitrogens is 4. The molecule has 0 fully saturated rings. The summed E-state index contributed by atoms with van der Waals surface area (Å²) in [5, 5.41) is 14.4. The summed E-state index contributed by atoms with van der Waals surface area (Å²) in [5.74, 6) is 2.15. The quantitative estimate of drug-likeness (QED) is 0.113. The minimum Gasteiger partial charge on any atom is -0.496 e. The highest BCUT2D eigenvalue weighted by Crippen LogP contribution is 2.31. The fraction of sp³-hybridized carbons (Fsp3) is 0.227. The van der Waals surface area contributed by atoms with Crippen molar-refractivity contribution in [3.8, 4) is 5.75 Å². The molecule has 0 saturated carbocycles. The number of fused-ring (bicyclic) bond motifs is 1. The zero-order valence-corrected chi connectivity index (χ0v) is 22.9. The van der Waals surface area contributed by atoms with Gasteiger partial charge in [0, 0.05) is 21.5 Å². The van der Waals surface area contributed by atoms with Gasteiger partial charge in [0.15, 0.2) is 4.34 Å². The van der Waals surface area contributed by atoms with E-state index in [1.807, 2.05) is 36.4 Å². The Morgan fingerprint density at radius 3 is 2.97 bits per heavy atom. The average Bonchev–Trinajstić information content (AvgIpc) is 3.48. The van der Waals surface area contributed by atoms with Crippen LogP contribution in [-0.2, 0) is 4.79 Å². The second-order valence-electron chi connectivity index (χ2n) is 7.07. The van der Waals surface area contributed by atoms with Crippen molar-refractivity contribution in [2.24, 2.45) is 5.10 Å². The summed E-state index contributed by atoms with van der Waals surface area (Å²) < 4.78 is 8.34. The predicted octanol–water partition coefficient (Wildman–Crippen LogP) is 5.86. The Balaban J connectivity index is 1.27. The van der Waals surface area contributed by atoms with Crippen LogP contribution in [0.15, 0.2) is 55.5 Å². The molecule has 0 atom stereocenters. The van der Waals surface area contributed by atoms with Crippen LogP contribution in [0.3, 0.4) is 0 Å². The Bertz CT molecular complexity index is 1340. The molecule has 2 aromatic carbocycles.